The first-order chi connectivity index (χ1) is 9.24. The van der Waals surface area contributed by atoms with Gasteiger partial charge in [-0.3, -0.25) is 0 Å². The van der Waals surface area contributed by atoms with Gasteiger partial charge in [0.05, 0.1) is 7.11 Å². The van der Waals surface area contributed by atoms with E-state index in [9.17, 15) is 5.11 Å². The Morgan fingerprint density at radius 1 is 1.37 bits per heavy atom. The van der Waals surface area contributed by atoms with Crippen LogP contribution in [0.25, 0.3) is 0 Å². The van der Waals surface area contributed by atoms with Crippen molar-refractivity contribution in [2.75, 3.05) is 13.7 Å². The second-order valence-electron chi connectivity index (χ2n) is 4.37. The standard InChI is InChI=1S/C15H20O4/c1-3-18-14-6-4-5-13(19-14)15(16)11-7-9-12(17-2)10-8-11/h4-5,7-10,13-16H,3,6H2,1-2H3/t13-,14+,15-/m1/s1. The second-order valence-corrected chi connectivity index (χ2v) is 4.37. The van der Waals surface area contributed by atoms with Crippen LogP contribution in [-0.4, -0.2) is 31.2 Å². The van der Waals surface area contributed by atoms with Crippen molar-refractivity contribution in [3.8, 4) is 5.75 Å². The molecule has 4 nitrogen and oxygen atoms in total. The Morgan fingerprint density at radius 2 is 2.11 bits per heavy atom. The van der Waals surface area contributed by atoms with Gasteiger partial charge in [-0.15, -0.1) is 0 Å². The van der Waals surface area contributed by atoms with E-state index in [0.717, 1.165) is 17.7 Å². The van der Waals surface area contributed by atoms with E-state index >= 15 is 0 Å². The molecule has 0 saturated carbocycles. The predicted molar refractivity (Wildman–Crippen MR) is 72.0 cm³/mol. The van der Waals surface area contributed by atoms with Crippen LogP contribution in [0.2, 0.25) is 0 Å². The van der Waals surface area contributed by atoms with E-state index in [1.807, 2.05) is 43.3 Å². The van der Waals surface area contributed by atoms with Crippen molar-refractivity contribution in [2.24, 2.45) is 0 Å². The monoisotopic (exact) mass is 264 g/mol. The zero-order valence-corrected chi connectivity index (χ0v) is 11.3. The Hall–Kier alpha value is -1.36. The fraction of sp³-hybridized carbons (Fsp3) is 0.467. The molecular formula is C15H20O4. The Kier molecular flexibility index (Phi) is 4.96. The van der Waals surface area contributed by atoms with Gasteiger partial charge in [0.15, 0.2) is 6.29 Å². The number of aliphatic hydroxyl groups is 1. The largest absolute Gasteiger partial charge is 0.497 e. The molecule has 0 spiro atoms. The summed E-state index contributed by atoms with van der Waals surface area (Å²) in [5.74, 6) is 0.767. The van der Waals surface area contributed by atoms with Gasteiger partial charge in [0.1, 0.15) is 18.0 Å². The molecule has 1 aliphatic heterocycles. The number of ether oxygens (including phenoxy) is 3. The minimum atomic E-state index is -0.703. The molecule has 0 bridgehead atoms. The number of rotatable bonds is 5. The quantitative estimate of drug-likeness (QED) is 0.830. The SMILES string of the molecule is CCO[C@@H]1CC=C[C@H]([C@H](O)c2ccc(OC)cc2)O1. The van der Waals surface area contributed by atoms with Gasteiger partial charge in [0, 0.05) is 13.0 Å². The Morgan fingerprint density at radius 3 is 2.74 bits per heavy atom. The summed E-state index contributed by atoms with van der Waals surface area (Å²) in [5, 5.41) is 10.3. The molecule has 3 atom stereocenters. The first kappa shape index (κ1) is 14.1. The molecule has 0 aliphatic carbocycles. The summed E-state index contributed by atoms with van der Waals surface area (Å²) in [6, 6.07) is 7.33. The third-order valence-corrected chi connectivity index (χ3v) is 3.08. The molecule has 0 unspecified atom stereocenters. The smallest absolute Gasteiger partial charge is 0.161 e. The molecule has 2 rings (SSSR count). The summed E-state index contributed by atoms with van der Waals surface area (Å²) in [7, 11) is 1.62. The fourth-order valence-electron chi connectivity index (χ4n) is 2.06. The van der Waals surface area contributed by atoms with Crippen LogP contribution in [-0.2, 0) is 9.47 Å². The molecule has 0 amide bonds. The molecule has 1 heterocycles. The van der Waals surface area contributed by atoms with E-state index in [2.05, 4.69) is 0 Å². The predicted octanol–water partition coefficient (Wildman–Crippen LogP) is 2.44. The average Bonchev–Trinajstić information content (AvgIpc) is 2.47. The van der Waals surface area contributed by atoms with Gasteiger partial charge in [-0.2, -0.15) is 0 Å². The van der Waals surface area contributed by atoms with E-state index in [4.69, 9.17) is 14.2 Å². The van der Waals surface area contributed by atoms with E-state index in [-0.39, 0.29) is 12.4 Å². The molecule has 1 aliphatic rings. The maximum Gasteiger partial charge on any atom is 0.161 e. The summed E-state index contributed by atoms with van der Waals surface area (Å²) in [4.78, 5) is 0. The van der Waals surface area contributed by atoms with Crippen molar-refractivity contribution in [2.45, 2.75) is 31.8 Å². The molecule has 104 valence electrons. The maximum absolute atomic E-state index is 10.3. The normalized spacial score (nSPS) is 24.2. The van der Waals surface area contributed by atoms with Crippen LogP contribution < -0.4 is 4.74 Å². The molecule has 0 fully saturated rings. The summed E-state index contributed by atoms with van der Waals surface area (Å²) in [5.41, 5.74) is 0.799. The van der Waals surface area contributed by atoms with Gasteiger partial charge in [-0.05, 0) is 24.6 Å². The number of benzene rings is 1. The molecule has 19 heavy (non-hydrogen) atoms. The minimum absolute atomic E-state index is 0.270. The van der Waals surface area contributed by atoms with Gasteiger partial charge in [0.2, 0.25) is 0 Å². The summed E-state index contributed by atoms with van der Waals surface area (Å²) < 4.78 is 16.2. The van der Waals surface area contributed by atoms with Crippen LogP contribution in [0.15, 0.2) is 36.4 Å². The van der Waals surface area contributed by atoms with Crippen molar-refractivity contribution in [1.82, 2.24) is 0 Å². The zero-order valence-electron chi connectivity index (χ0n) is 11.3. The van der Waals surface area contributed by atoms with Gasteiger partial charge >= 0.3 is 0 Å². The number of aliphatic hydroxyl groups excluding tert-OH is 1. The zero-order chi connectivity index (χ0) is 13.7. The van der Waals surface area contributed by atoms with Crippen LogP contribution in [0.3, 0.4) is 0 Å². The Balaban J connectivity index is 2.03. The highest BCUT2D eigenvalue weighted by Crippen LogP contribution is 2.26. The molecule has 4 heteroatoms. The minimum Gasteiger partial charge on any atom is -0.497 e. The lowest BCUT2D eigenvalue weighted by Crippen LogP contribution is -2.30. The lowest BCUT2D eigenvalue weighted by atomic mass is 10.0. The van der Waals surface area contributed by atoms with Gasteiger partial charge in [-0.25, -0.2) is 0 Å². The van der Waals surface area contributed by atoms with Crippen molar-refractivity contribution in [3.05, 3.63) is 42.0 Å². The molecule has 0 radical (unpaired) electrons. The summed E-state index contributed by atoms with van der Waals surface area (Å²) in [6.07, 6.45) is 3.24. The van der Waals surface area contributed by atoms with Crippen molar-refractivity contribution < 1.29 is 19.3 Å². The number of methoxy groups -OCH3 is 1. The second kappa shape index (κ2) is 6.70. The highest BCUT2D eigenvalue weighted by Gasteiger charge is 2.25. The maximum atomic E-state index is 10.3. The summed E-state index contributed by atoms with van der Waals surface area (Å²) in [6.45, 7) is 2.53. The highest BCUT2D eigenvalue weighted by atomic mass is 16.7. The van der Waals surface area contributed by atoms with Crippen molar-refractivity contribution in [3.63, 3.8) is 0 Å². The van der Waals surface area contributed by atoms with Crippen LogP contribution in [0, 0.1) is 0 Å². The van der Waals surface area contributed by atoms with E-state index in [1.54, 1.807) is 7.11 Å². The van der Waals surface area contributed by atoms with E-state index < -0.39 is 6.10 Å². The Bertz CT molecular complexity index is 413. The number of hydrogen-bond acceptors (Lipinski definition) is 4. The molecular weight excluding hydrogens is 244 g/mol. The van der Waals surface area contributed by atoms with Crippen LogP contribution >= 0.6 is 0 Å². The molecule has 1 aromatic carbocycles. The first-order valence-electron chi connectivity index (χ1n) is 6.50. The van der Waals surface area contributed by atoms with Crippen molar-refractivity contribution >= 4 is 0 Å². The van der Waals surface area contributed by atoms with E-state index in [0.29, 0.717) is 6.61 Å². The highest BCUT2D eigenvalue weighted by molar-refractivity contribution is 5.29. The first-order valence-corrected chi connectivity index (χ1v) is 6.50. The third kappa shape index (κ3) is 3.56. The average molecular weight is 264 g/mol. The fourth-order valence-corrected chi connectivity index (χ4v) is 2.06. The van der Waals surface area contributed by atoms with Gasteiger partial charge in [0.25, 0.3) is 0 Å². The van der Waals surface area contributed by atoms with Gasteiger partial charge in [-0.1, -0.05) is 24.3 Å². The molecule has 0 aromatic heterocycles. The summed E-state index contributed by atoms with van der Waals surface area (Å²) >= 11 is 0. The van der Waals surface area contributed by atoms with Crippen LogP contribution in [0.4, 0.5) is 0 Å². The molecule has 0 saturated heterocycles. The third-order valence-electron chi connectivity index (χ3n) is 3.08. The topological polar surface area (TPSA) is 47.9 Å². The molecule has 1 aromatic rings. The van der Waals surface area contributed by atoms with Crippen LogP contribution in [0.5, 0.6) is 5.75 Å². The lowest BCUT2D eigenvalue weighted by Gasteiger charge is -2.29. The molecule has 1 N–H and O–H groups in total. The lowest BCUT2D eigenvalue weighted by molar-refractivity contribution is -0.181. The van der Waals surface area contributed by atoms with Crippen molar-refractivity contribution in [1.29, 1.82) is 0 Å². The van der Waals surface area contributed by atoms with E-state index in [1.165, 1.54) is 0 Å². The van der Waals surface area contributed by atoms with Gasteiger partial charge < -0.3 is 19.3 Å². The Labute approximate surface area is 113 Å². The number of hydrogen-bond donors (Lipinski definition) is 1. The van der Waals surface area contributed by atoms with Crippen LogP contribution in [0.1, 0.15) is 25.0 Å².